The van der Waals surface area contributed by atoms with Crippen molar-refractivity contribution in [3.8, 4) is 0 Å². The lowest BCUT2D eigenvalue weighted by molar-refractivity contribution is -0.385. The van der Waals surface area contributed by atoms with Crippen molar-refractivity contribution in [1.82, 2.24) is 30.0 Å². The number of non-ortho nitro benzene ring substituents is 2. The van der Waals surface area contributed by atoms with E-state index in [1.165, 1.54) is 27.9 Å². The standard InChI is InChI=1S/C26H23ClFN5O3.C19H20Cl2N4S.C7H4FNO4.CH3F/c27-22-14-29-26(32-24(22)20-10-8-15-4-1-2-7-19(15)20)31-17-6-3-5-16(12-17)30-25(34)21-11-9-18(33(35)36)13-23(21)28;20-17-11-22-19(23-13-5-3-6-14(10-13)25-26-21)24-18(17)16-9-8-12-4-1-2-7-15(12)16;8-6-3-4(9(12)13)1-2-5(6)7(10)11;1-2/h1-2,4,7,9-11,13-14,16-17H,3,5-6,8,12H2,(H,30,34)(H,29,31,32);1-2,4,7,9,11,13-14,25H,3,5-6,8,10H2,(H,22,23,24);1-3H,(H,10,11);1H3/t16-,17+;13-,14+;;/m01../s1/i;;;1D. The monoisotopic (exact) mass is 1130 g/mol. The predicted molar refractivity (Wildman–Crippen MR) is 292 cm³/mol. The number of allylic oxidation sites excluding steroid dienone is 2. The lowest BCUT2D eigenvalue weighted by atomic mass is 9.91. The van der Waals surface area contributed by atoms with Gasteiger partial charge in [-0.05, 0) is 109 Å². The van der Waals surface area contributed by atoms with Gasteiger partial charge in [0.25, 0.3) is 17.3 Å². The molecule has 6 aromatic rings. The van der Waals surface area contributed by atoms with E-state index in [1.54, 1.807) is 12.4 Å². The average molecular weight is 1140 g/mol. The van der Waals surface area contributed by atoms with Gasteiger partial charge in [0.1, 0.15) is 11.6 Å². The van der Waals surface area contributed by atoms with E-state index >= 15 is 0 Å². The summed E-state index contributed by atoms with van der Waals surface area (Å²) in [6.45, 7) is 0. The molecule has 4 aromatic carbocycles. The molecule has 0 aliphatic heterocycles. The van der Waals surface area contributed by atoms with Crippen molar-refractivity contribution in [2.45, 2.75) is 88.4 Å². The van der Waals surface area contributed by atoms with Crippen molar-refractivity contribution in [3.63, 3.8) is 0 Å². The molecule has 5 N–H and O–H groups in total. The zero-order chi connectivity index (χ0) is 55.9. The highest BCUT2D eigenvalue weighted by atomic mass is 35.7. The number of nitrogens with zero attached hydrogens (tertiary/aromatic N) is 6. The molecule has 2 heterocycles. The van der Waals surface area contributed by atoms with E-state index in [4.69, 9.17) is 50.3 Å². The number of fused-ring (bicyclic) bond motifs is 2. The summed E-state index contributed by atoms with van der Waals surface area (Å²) in [6.07, 6.45) is 16.8. The van der Waals surface area contributed by atoms with Crippen LogP contribution in [0.5, 0.6) is 0 Å². The number of halogens is 6. The molecular formula is C53H50Cl3F3N10O7S. The van der Waals surface area contributed by atoms with Gasteiger partial charge in [0, 0.05) is 58.6 Å². The molecule has 0 unspecified atom stereocenters. The largest absolute Gasteiger partial charge is 0.478 e. The smallest absolute Gasteiger partial charge is 0.338 e. The lowest BCUT2D eigenvalue weighted by Gasteiger charge is -2.30. The van der Waals surface area contributed by atoms with E-state index in [0.717, 1.165) is 111 Å². The molecule has 4 atom stereocenters. The number of amides is 1. The number of aromatic nitrogens is 4. The molecule has 2 aromatic heterocycles. The summed E-state index contributed by atoms with van der Waals surface area (Å²) >= 11 is 14.1. The predicted octanol–water partition coefficient (Wildman–Crippen LogP) is 12.6. The number of carbonyl (C=O) groups is 2. The minimum absolute atomic E-state index is 0.00428. The molecule has 2 saturated carbocycles. The Hall–Kier alpha value is -7.17. The van der Waals surface area contributed by atoms with Gasteiger partial charge in [-0.3, -0.25) is 29.4 Å². The average Bonchev–Trinajstić information content (AvgIpc) is 4.06. The fraction of sp³-hybridized carbons (Fsp3) is 0.283. The minimum Gasteiger partial charge on any atom is -0.478 e. The highest BCUT2D eigenvalue weighted by Gasteiger charge is 2.28. The highest BCUT2D eigenvalue weighted by molar-refractivity contribution is 8.19. The molecule has 0 saturated heterocycles. The van der Waals surface area contributed by atoms with E-state index < -0.39 is 57.4 Å². The third-order valence-corrected chi connectivity index (χ3v) is 14.3. The van der Waals surface area contributed by atoms with Crippen LogP contribution in [0.15, 0.2) is 109 Å². The van der Waals surface area contributed by atoms with E-state index in [2.05, 4.69) is 79.2 Å². The summed E-state index contributed by atoms with van der Waals surface area (Å²) in [5, 5.41) is 40.1. The summed E-state index contributed by atoms with van der Waals surface area (Å²) in [5.41, 5.74) is 6.76. The molecule has 1 amide bonds. The maximum atomic E-state index is 14.3. The lowest BCUT2D eigenvalue weighted by Crippen LogP contribution is -2.42. The van der Waals surface area contributed by atoms with Crippen molar-refractivity contribution in [1.29, 1.82) is 0 Å². The third kappa shape index (κ3) is 14.9. The van der Waals surface area contributed by atoms with Crippen LogP contribution in [-0.4, -0.2) is 78.1 Å². The molecule has 4 aliphatic rings. The minimum atomic E-state index is -1.45. The van der Waals surface area contributed by atoms with Crippen LogP contribution in [0.4, 0.5) is 36.4 Å². The normalized spacial score (nSPS) is 18.1. The molecular weight excluding hydrogens is 1080 g/mol. The summed E-state index contributed by atoms with van der Waals surface area (Å²) < 4.78 is 45.8. The number of carboxylic acid groups (broad SMARTS) is 1. The summed E-state index contributed by atoms with van der Waals surface area (Å²) in [6, 6.07) is 22.5. The van der Waals surface area contributed by atoms with Crippen LogP contribution in [-0.2, 0) is 12.8 Å². The molecule has 2 fully saturated rings. The fourth-order valence-corrected chi connectivity index (χ4v) is 10.5. The number of carbonyl (C=O) groups excluding carboxylic acids is 1. The first-order chi connectivity index (χ1) is 37.6. The maximum Gasteiger partial charge on any atom is 0.338 e. The first kappa shape index (κ1) is 56.0. The number of hydrogen-bond donors (Lipinski definition) is 5. The zero-order valence-corrected chi connectivity index (χ0v) is 43.8. The van der Waals surface area contributed by atoms with Crippen LogP contribution in [0.3, 0.4) is 0 Å². The number of nitrogens with one attached hydrogen (secondary N) is 4. The number of anilines is 2. The molecule has 0 radical (unpaired) electrons. The molecule has 17 nitrogen and oxygen atoms in total. The summed E-state index contributed by atoms with van der Waals surface area (Å²) in [5.74, 6) is -2.98. The zero-order valence-electron chi connectivity index (χ0n) is 41.7. The Morgan fingerprint density at radius 3 is 1.60 bits per heavy atom. The van der Waals surface area contributed by atoms with E-state index in [9.17, 15) is 43.0 Å². The van der Waals surface area contributed by atoms with Crippen LogP contribution >= 0.6 is 45.0 Å². The Kier molecular flexibility index (Phi) is 19.8. The summed E-state index contributed by atoms with van der Waals surface area (Å²) in [4.78, 5) is 60.6. The van der Waals surface area contributed by atoms with E-state index in [-0.39, 0.29) is 17.6 Å². The number of hydrogen-bond acceptors (Lipinski definition) is 14. The van der Waals surface area contributed by atoms with Crippen molar-refractivity contribution >= 4 is 91.3 Å². The van der Waals surface area contributed by atoms with Gasteiger partial charge in [-0.15, -0.1) is 0 Å². The van der Waals surface area contributed by atoms with E-state index in [1.807, 2.05) is 12.1 Å². The van der Waals surface area contributed by atoms with Crippen LogP contribution in [0.1, 0.15) is 107 Å². The number of nitro groups is 2. The van der Waals surface area contributed by atoms with Gasteiger partial charge in [-0.1, -0.05) is 83.9 Å². The van der Waals surface area contributed by atoms with Gasteiger partial charge >= 0.3 is 5.97 Å². The second-order valence-electron chi connectivity index (χ2n) is 18.0. The number of rotatable bonds is 13. The van der Waals surface area contributed by atoms with E-state index in [0.29, 0.717) is 52.2 Å². The molecule has 77 heavy (non-hydrogen) atoms. The van der Waals surface area contributed by atoms with Crippen LogP contribution < -0.4 is 20.7 Å². The number of aromatic carboxylic acids is 1. The van der Waals surface area contributed by atoms with Crippen molar-refractivity contribution < 1.29 is 39.1 Å². The number of benzene rings is 4. The van der Waals surface area contributed by atoms with Crippen molar-refractivity contribution in [2.24, 2.45) is 0 Å². The molecule has 10 rings (SSSR count). The summed E-state index contributed by atoms with van der Waals surface area (Å²) in [7, 11) is 4.73. The van der Waals surface area contributed by atoms with Crippen LogP contribution in [0.25, 0.3) is 11.1 Å². The SMILES string of the molecule is ClSN[C@H]1CCC[C@@H](Nc2ncc(Cl)c(C3=CCc4ccccc43)n2)C1.O=C(N[C@H]1CCC[C@@H](Nc2ncc(Cl)c(C3=CCc4ccccc43)n2)C1)c1ccc([N+](=O)[O-])cc1F.O=C(O)c1ccc([N+](=O)[O-])cc1F.[2H]CF. The Labute approximate surface area is 460 Å². The highest BCUT2D eigenvalue weighted by Crippen LogP contribution is 2.37. The Morgan fingerprint density at radius 2 is 1.14 bits per heavy atom. The van der Waals surface area contributed by atoms with Crippen molar-refractivity contribution in [2.75, 3.05) is 17.8 Å². The van der Waals surface area contributed by atoms with Gasteiger partial charge in [0.15, 0.2) is 0 Å². The molecule has 24 heteroatoms. The second-order valence-corrected chi connectivity index (χ2v) is 19.6. The topological polar surface area (TPSA) is 240 Å². The first-order valence-electron chi connectivity index (χ1n) is 24.7. The maximum absolute atomic E-state index is 14.3. The molecule has 0 spiro atoms. The van der Waals surface area contributed by atoms with Gasteiger partial charge in [-0.2, -0.15) is 0 Å². The first-order valence-corrected chi connectivity index (χ1v) is 26.4. The van der Waals surface area contributed by atoms with Gasteiger partial charge < -0.3 is 21.1 Å². The molecule has 0 bridgehead atoms. The number of carboxylic acids is 1. The van der Waals surface area contributed by atoms with Gasteiger partial charge in [0.2, 0.25) is 11.9 Å². The van der Waals surface area contributed by atoms with Crippen molar-refractivity contribution in [3.05, 3.63) is 196 Å². The molecule has 402 valence electrons. The number of nitro benzene ring substituents is 2. The van der Waals surface area contributed by atoms with Crippen LogP contribution in [0.2, 0.25) is 10.0 Å². The fourth-order valence-electron chi connectivity index (χ4n) is 9.43. The van der Waals surface area contributed by atoms with Crippen LogP contribution in [0, 0.1) is 31.9 Å². The Morgan fingerprint density at radius 1 is 0.701 bits per heavy atom. The molecule has 4 aliphatic carbocycles. The quantitative estimate of drug-likeness (QED) is 0.0410. The van der Waals surface area contributed by atoms with Gasteiger partial charge in [0.05, 0.1) is 75.5 Å². The van der Waals surface area contributed by atoms with Gasteiger partial charge in [-0.25, -0.2) is 38.2 Å². The third-order valence-electron chi connectivity index (χ3n) is 13.0. The Balaban J connectivity index is 0.000000182. The number of alkyl halides is 1. The second kappa shape index (κ2) is 27.2. The Bertz CT molecular complexity index is 3240.